The van der Waals surface area contributed by atoms with Crippen LogP contribution < -0.4 is 4.74 Å². The first-order chi connectivity index (χ1) is 24.0. The van der Waals surface area contributed by atoms with E-state index in [4.69, 9.17) is 14.2 Å². The lowest BCUT2D eigenvalue weighted by molar-refractivity contribution is -0.0716. The van der Waals surface area contributed by atoms with Crippen LogP contribution in [0.4, 0.5) is 0 Å². The third-order valence-corrected chi connectivity index (χ3v) is 8.44. The molecule has 2 unspecified atom stereocenters. The molecule has 5 nitrogen and oxygen atoms in total. The minimum absolute atomic E-state index is 0.213. The van der Waals surface area contributed by atoms with Crippen molar-refractivity contribution in [2.75, 3.05) is 28.2 Å². The first kappa shape index (κ1) is 33.8. The molecule has 6 rings (SSSR count). The van der Waals surface area contributed by atoms with E-state index in [1.807, 2.05) is 76.7 Å². The molecule has 0 fully saturated rings. The van der Waals surface area contributed by atoms with Crippen molar-refractivity contribution in [2.24, 2.45) is 0 Å². The van der Waals surface area contributed by atoms with E-state index in [9.17, 15) is 0 Å². The van der Waals surface area contributed by atoms with Crippen LogP contribution in [0, 0.1) is 0 Å². The maximum Gasteiger partial charge on any atom is 0.137 e. The Morgan fingerprint density at radius 3 is 0.837 bits per heavy atom. The second-order valence-corrected chi connectivity index (χ2v) is 12.5. The predicted octanol–water partition coefficient (Wildman–Crippen LogP) is 10.2. The highest BCUT2D eigenvalue weighted by molar-refractivity contribution is 5.37. The molecule has 0 spiro atoms. The second-order valence-electron chi connectivity index (χ2n) is 12.5. The van der Waals surface area contributed by atoms with Gasteiger partial charge in [0.15, 0.2) is 0 Å². The van der Waals surface area contributed by atoms with Crippen molar-refractivity contribution >= 4 is 0 Å². The van der Waals surface area contributed by atoms with Gasteiger partial charge in [0.1, 0.15) is 36.2 Å². The lowest BCUT2D eigenvalue weighted by Gasteiger charge is -2.30. The molecular formula is C44H44N2O3. The van der Waals surface area contributed by atoms with Crippen LogP contribution in [-0.2, 0) is 9.47 Å². The quantitative estimate of drug-likeness (QED) is 0.110. The van der Waals surface area contributed by atoms with E-state index >= 15 is 0 Å². The number of nitrogens with zero attached hydrogens (tertiary/aromatic N) is 2. The molecule has 6 aromatic carbocycles. The van der Waals surface area contributed by atoms with Crippen LogP contribution in [0.25, 0.3) is 0 Å². The van der Waals surface area contributed by atoms with E-state index in [2.05, 4.69) is 131 Å². The lowest BCUT2D eigenvalue weighted by Crippen LogP contribution is -2.25. The van der Waals surface area contributed by atoms with Gasteiger partial charge in [-0.2, -0.15) is 0 Å². The van der Waals surface area contributed by atoms with Crippen molar-refractivity contribution in [1.82, 2.24) is 9.80 Å². The monoisotopic (exact) mass is 648 g/mol. The molecule has 0 saturated heterocycles. The zero-order valence-electron chi connectivity index (χ0n) is 28.6. The molecule has 5 heteroatoms. The molecule has 0 aliphatic rings. The van der Waals surface area contributed by atoms with Gasteiger partial charge in [0, 0.05) is 0 Å². The molecule has 0 heterocycles. The first-order valence-electron chi connectivity index (χ1n) is 16.7. The molecule has 2 atom stereocenters. The van der Waals surface area contributed by atoms with E-state index < -0.39 is 0 Å². The molecule has 6 aromatic rings. The highest BCUT2D eigenvalue weighted by atomic mass is 16.5. The van der Waals surface area contributed by atoms with Gasteiger partial charge in [-0.15, -0.1) is 0 Å². The van der Waals surface area contributed by atoms with Crippen molar-refractivity contribution in [2.45, 2.75) is 24.7 Å². The number of rotatable bonds is 14. The Hall–Kier alpha value is -5.04. The van der Waals surface area contributed by atoms with E-state index in [1.54, 1.807) is 0 Å². The molecule has 0 amide bonds. The van der Waals surface area contributed by atoms with Gasteiger partial charge in [-0.1, -0.05) is 146 Å². The van der Waals surface area contributed by atoms with Gasteiger partial charge in [0.05, 0.1) is 0 Å². The highest BCUT2D eigenvalue weighted by Crippen LogP contribution is 2.36. The van der Waals surface area contributed by atoms with Gasteiger partial charge in [-0.05, 0) is 85.8 Å². The second kappa shape index (κ2) is 16.4. The Kier molecular flexibility index (Phi) is 11.3. The van der Waals surface area contributed by atoms with Crippen LogP contribution in [0.15, 0.2) is 170 Å². The molecular weight excluding hydrogens is 604 g/mol. The van der Waals surface area contributed by atoms with Crippen molar-refractivity contribution in [3.05, 3.63) is 203 Å². The van der Waals surface area contributed by atoms with Crippen LogP contribution in [0.2, 0.25) is 0 Å². The van der Waals surface area contributed by atoms with E-state index in [0.29, 0.717) is 0 Å². The third kappa shape index (κ3) is 8.71. The summed E-state index contributed by atoms with van der Waals surface area (Å²) in [5.41, 5.74) is 6.54. The summed E-state index contributed by atoms with van der Waals surface area (Å²) >= 11 is 0. The summed E-state index contributed by atoms with van der Waals surface area (Å²) < 4.78 is 20.0. The molecule has 0 aromatic heterocycles. The van der Waals surface area contributed by atoms with Crippen molar-refractivity contribution < 1.29 is 14.2 Å². The average molecular weight is 649 g/mol. The van der Waals surface area contributed by atoms with Gasteiger partial charge in [-0.3, -0.25) is 9.80 Å². The predicted molar refractivity (Wildman–Crippen MR) is 197 cm³/mol. The average Bonchev–Trinajstić information content (AvgIpc) is 3.14. The van der Waals surface area contributed by atoms with Crippen molar-refractivity contribution in [3.8, 4) is 11.5 Å². The van der Waals surface area contributed by atoms with E-state index in [0.717, 1.165) is 44.9 Å². The summed E-state index contributed by atoms with van der Waals surface area (Å²) in [5, 5.41) is 0. The summed E-state index contributed by atoms with van der Waals surface area (Å²) in [6.45, 7) is 0. The Balaban J connectivity index is 1.16. The van der Waals surface area contributed by atoms with Crippen LogP contribution in [0.3, 0.4) is 0 Å². The molecule has 0 aliphatic carbocycles. The minimum atomic E-state index is -0.266. The van der Waals surface area contributed by atoms with Crippen molar-refractivity contribution in [3.63, 3.8) is 0 Å². The van der Waals surface area contributed by atoms with E-state index in [1.165, 1.54) is 0 Å². The number of hydrogen-bond donors (Lipinski definition) is 0. The normalized spacial score (nSPS) is 12.8. The fourth-order valence-electron chi connectivity index (χ4n) is 6.00. The van der Waals surface area contributed by atoms with Crippen LogP contribution in [0.1, 0.15) is 58.0 Å². The SMILES string of the molecule is CN(C)C(OC(c1ccccc1)c1ccccc1)c1ccc(Oc2ccc(C(OC(c3ccccc3)c3ccccc3)N(C)C)cc2)cc1. The summed E-state index contributed by atoms with van der Waals surface area (Å²) in [5.74, 6) is 1.51. The molecule has 0 N–H and O–H groups in total. The molecule has 0 aliphatic heterocycles. The summed E-state index contributed by atoms with van der Waals surface area (Å²) in [6.07, 6.45) is -0.959. The topological polar surface area (TPSA) is 34.2 Å². The smallest absolute Gasteiger partial charge is 0.137 e. The van der Waals surface area contributed by atoms with Crippen LogP contribution >= 0.6 is 0 Å². The zero-order valence-corrected chi connectivity index (χ0v) is 28.6. The number of benzene rings is 6. The maximum absolute atomic E-state index is 6.84. The fourth-order valence-corrected chi connectivity index (χ4v) is 6.00. The van der Waals surface area contributed by atoms with Gasteiger partial charge < -0.3 is 14.2 Å². The van der Waals surface area contributed by atoms with Crippen molar-refractivity contribution in [1.29, 1.82) is 0 Å². The summed E-state index contributed by atoms with van der Waals surface area (Å²) in [6, 6.07) is 57.8. The van der Waals surface area contributed by atoms with Gasteiger partial charge in [0.2, 0.25) is 0 Å². The van der Waals surface area contributed by atoms with Crippen LogP contribution in [-0.4, -0.2) is 38.0 Å². The Morgan fingerprint density at radius 2 is 0.592 bits per heavy atom. The maximum atomic E-state index is 6.84. The van der Waals surface area contributed by atoms with Gasteiger partial charge in [0.25, 0.3) is 0 Å². The van der Waals surface area contributed by atoms with Gasteiger partial charge >= 0.3 is 0 Å². The van der Waals surface area contributed by atoms with Crippen LogP contribution in [0.5, 0.6) is 11.5 Å². The Bertz CT molecular complexity index is 1610. The molecule has 49 heavy (non-hydrogen) atoms. The fraction of sp³-hybridized carbons (Fsp3) is 0.182. The molecule has 0 radical (unpaired) electrons. The Labute approximate surface area is 290 Å². The zero-order chi connectivity index (χ0) is 34.0. The standard InChI is InChI=1S/C44H44N2O3/c1-45(2)43(48-41(33-17-9-5-10-18-33)34-19-11-6-12-20-34)37-25-29-39(30-26-37)47-40-31-27-38(28-32-40)44(46(3)4)49-42(35-21-13-7-14-22-35)36-23-15-8-16-24-36/h5-32,41-44H,1-4H3. The summed E-state index contributed by atoms with van der Waals surface area (Å²) in [7, 11) is 8.15. The highest BCUT2D eigenvalue weighted by Gasteiger charge is 2.25. The van der Waals surface area contributed by atoms with Gasteiger partial charge in [-0.25, -0.2) is 0 Å². The number of ether oxygens (including phenoxy) is 3. The summed E-state index contributed by atoms with van der Waals surface area (Å²) in [4.78, 5) is 4.19. The molecule has 0 bridgehead atoms. The largest absolute Gasteiger partial charge is 0.457 e. The number of hydrogen-bond acceptors (Lipinski definition) is 5. The molecule has 248 valence electrons. The Morgan fingerprint density at radius 1 is 0.327 bits per heavy atom. The van der Waals surface area contributed by atoms with E-state index in [-0.39, 0.29) is 24.7 Å². The first-order valence-corrected chi connectivity index (χ1v) is 16.7. The lowest BCUT2D eigenvalue weighted by atomic mass is 10.0. The third-order valence-electron chi connectivity index (χ3n) is 8.44. The molecule has 0 saturated carbocycles. The minimum Gasteiger partial charge on any atom is -0.457 e.